The zero-order valence-electron chi connectivity index (χ0n) is 11.5. The third-order valence-electron chi connectivity index (χ3n) is 2.43. The van der Waals surface area contributed by atoms with Gasteiger partial charge in [-0.05, 0) is 17.9 Å². The minimum atomic E-state index is -0.951. The van der Waals surface area contributed by atoms with Crippen LogP contribution < -0.4 is 15.4 Å². The van der Waals surface area contributed by atoms with Crippen molar-refractivity contribution in [1.29, 1.82) is 0 Å². The first-order valence-electron chi connectivity index (χ1n) is 6.48. The first kappa shape index (κ1) is 17.0. The highest BCUT2D eigenvalue weighted by Gasteiger charge is 2.05. The lowest BCUT2D eigenvalue weighted by Crippen LogP contribution is -2.31. The lowest BCUT2D eigenvalue weighted by atomic mass is 10.3. The van der Waals surface area contributed by atoms with E-state index in [4.69, 9.17) is 9.84 Å². The van der Waals surface area contributed by atoms with Gasteiger partial charge >= 0.3 is 5.97 Å². The predicted molar refractivity (Wildman–Crippen MR) is 77.3 cm³/mol. The Labute approximate surface area is 126 Å². The summed E-state index contributed by atoms with van der Waals surface area (Å²) in [4.78, 5) is 33.0. The van der Waals surface area contributed by atoms with Gasteiger partial charge < -0.3 is 20.5 Å². The second kappa shape index (κ2) is 9.76. The van der Waals surface area contributed by atoms with Crippen LogP contribution >= 0.6 is 11.3 Å². The number of thiophene rings is 1. The van der Waals surface area contributed by atoms with Crippen LogP contribution in [0.1, 0.15) is 19.3 Å². The second-order valence-electron chi connectivity index (χ2n) is 4.19. The van der Waals surface area contributed by atoms with Crippen LogP contribution in [0.25, 0.3) is 0 Å². The summed E-state index contributed by atoms with van der Waals surface area (Å²) in [6, 6.07) is 1.78. The van der Waals surface area contributed by atoms with Gasteiger partial charge in [0.05, 0.1) is 6.42 Å². The molecule has 0 aliphatic heterocycles. The standard InChI is InChI=1S/C13H18N2O5S/c16-11(15-6-3-13(18)19)2-1-5-14-12(17)8-20-10-4-7-21-9-10/h4,7,9H,1-3,5-6,8H2,(H,14,17)(H,15,16)(H,18,19). The fourth-order valence-corrected chi connectivity index (χ4v) is 1.98. The Kier molecular flexibility index (Phi) is 7.88. The van der Waals surface area contributed by atoms with Gasteiger partial charge in [0.25, 0.3) is 5.91 Å². The number of carboxylic acid groups (broad SMARTS) is 1. The van der Waals surface area contributed by atoms with E-state index in [2.05, 4.69) is 10.6 Å². The molecule has 0 saturated heterocycles. The quantitative estimate of drug-likeness (QED) is 0.549. The number of carbonyl (C=O) groups is 3. The van der Waals surface area contributed by atoms with Gasteiger partial charge in [-0.1, -0.05) is 0 Å². The van der Waals surface area contributed by atoms with Crippen LogP contribution in [0, 0.1) is 0 Å². The van der Waals surface area contributed by atoms with E-state index < -0.39 is 5.97 Å². The molecule has 2 amide bonds. The Balaban J connectivity index is 1.98. The smallest absolute Gasteiger partial charge is 0.305 e. The van der Waals surface area contributed by atoms with E-state index in [0.717, 1.165) is 0 Å². The van der Waals surface area contributed by atoms with Gasteiger partial charge in [0, 0.05) is 24.9 Å². The van der Waals surface area contributed by atoms with E-state index in [1.807, 2.05) is 5.38 Å². The molecule has 1 aromatic heterocycles. The molecule has 1 aromatic rings. The maximum Gasteiger partial charge on any atom is 0.305 e. The number of amides is 2. The molecule has 116 valence electrons. The van der Waals surface area contributed by atoms with E-state index in [1.165, 1.54) is 11.3 Å². The van der Waals surface area contributed by atoms with E-state index >= 15 is 0 Å². The van der Waals surface area contributed by atoms with Crippen LogP contribution in [0.15, 0.2) is 16.8 Å². The minimum absolute atomic E-state index is 0.0540. The molecule has 3 N–H and O–H groups in total. The molecule has 8 heteroatoms. The molecule has 0 aromatic carbocycles. The summed E-state index contributed by atoms with van der Waals surface area (Å²) in [5, 5.41) is 17.2. The zero-order chi connectivity index (χ0) is 15.5. The number of carbonyl (C=O) groups excluding carboxylic acids is 2. The lowest BCUT2D eigenvalue weighted by molar-refractivity contribution is -0.137. The van der Waals surface area contributed by atoms with Crippen molar-refractivity contribution in [2.75, 3.05) is 19.7 Å². The topological polar surface area (TPSA) is 105 Å². The normalized spacial score (nSPS) is 9.90. The third kappa shape index (κ3) is 8.64. The van der Waals surface area contributed by atoms with E-state index in [1.54, 1.807) is 11.4 Å². The Hall–Kier alpha value is -2.09. The van der Waals surface area contributed by atoms with Crippen molar-refractivity contribution in [2.24, 2.45) is 0 Å². The highest BCUT2D eigenvalue weighted by Crippen LogP contribution is 2.14. The summed E-state index contributed by atoms with van der Waals surface area (Å²) in [6.07, 6.45) is 0.636. The third-order valence-corrected chi connectivity index (χ3v) is 3.09. The Morgan fingerprint density at radius 2 is 1.90 bits per heavy atom. The van der Waals surface area contributed by atoms with Gasteiger partial charge in [-0.3, -0.25) is 14.4 Å². The monoisotopic (exact) mass is 314 g/mol. The van der Waals surface area contributed by atoms with Gasteiger partial charge in [0.15, 0.2) is 6.61 Å². The van der Waals surface area contributed by atoms with Crippen LogP contribution in [-0.4, -0.2) is 42.6 Å². The van der Waals surface area contributed by atoms with Crippen LogP contribution in [0.2, 0.25) is 0 Å². The van der Waals surface area contributed by atoms with E-state index in [0.29, 0.717) is 18.7 Å². The fourth-order valence-electron chi connectivity index (χ4n) is 1.41. The van der Waals surface area contributed by atoms with Crippen molar-refractivity contribution < 1.29 is 24.2 Å². The summed E-state index contributed by atoms with van der Waals surface area (Å²) in [5.41, 5.74) is 0. The molecule has 0 atom stereocenters. The number of ether oxygens (including phenoxy) is 1. The van der Waals surface area contributed by atoms with Gasteiger partial charge in [-0.15, -0.1) is 11.3 Å². The van der Waals surface area contributed by atoms with E-state index in [9.17, 15) is 14.4 Å². The van der Waals surface area contributed by atoms with Crippen LogP contribution in [0.4, 0.5) is 0 Å². The Morgan fingerprint density at radius 1 is 1.14 bits per heavy atom. The first-order chi connectivity index (χ1) is 10.1. The predicted octanol–water partition coefficient (Wildman–Crippen LogP) is 0.614. The van der Waals surface area contributed by atoms with Crippen molar-refractivity contribution >= 4 is 29.1 Å². The van der Waals surface area contributed by atoms with Crippen LogP contribution in [0.5, 0.6) is 5.75 Å². The molecule has 0 unspecified atom stereocenters. The molecular formula is C13H18N2O5S. The van der Waals surface area contributed by atoms with Crippen LogP contribution in [-0.2, 0) is 14.4 Å². The molecule has 1 rings (SSSR count). The van der Waals surface area contributed by atoms with Crippen molar-refractivity contribution in [3.8, 4) is 5.75 Å². The molecule has 0 aliphatic carbocycles. The van der Waals surface area contributed by atoms with Gasteiger partial charge in [-0.2, -0.15) is 0 Å². The van der Waals surface area contributed by atoms with Gasteiger partial charge in [0.2, 0.25) is 5.91 Å². The lowest BCUT2D eigenvalue weighted by Gasteiger charge is -2.06. The largest absolute Gasteiger partial charge is 0.483 e. The number of rotatable bonds is 10. The molecule has 0 spiro atoms. The average Bonchev–Trinajstić information content (AvgIpc) is 2.94. The highest BCUT2D eigenvalue weighted by molar-refractivity contribution is 7.08. The molecule has 1 heterocycles. The summed E-state index contributed by atoms with van der Waals surface area (Å²) >= 11 is 1.49. The van der Waals surface area contributed by atoms with Crippen molar-refractivity contribution in [1.82, 2.24) is 10.6 Å². The maximum absolute atomic E-state index is 11.4. The minimum Gasteiger partial charge on any atom is -0.483 e. The number of carboxylic acids is 1. The highest BCUT2D eigenvalue weighted by atomic mass is 32.1. The summed E-state index contributed by atoms with van der Waals surface area (Å²) in [5.74, 6) is -0.756. The molecular weight excluding hydrogens is 296 g/mol. The fraction of sp³-hybridized carbons (Fsp3) is 0.462. The molecule has 0 fully saturated rings. The van der Waals surface area contributed by atoms with Crippen molar-refractivity contribution in [2.45, 2.75) is 19.3 Å². The maximum atomic E-state index is 11.4. The number of nitrogens with one attached hydrogen (secondary N) is 2. The summed E-state index contributed by atoms with van der Waals surface area (Å²) in [7, 11) is 0. The number of hydrogen-bond donors (Lipinski definition) is 3. The number of hydrogen-bond acceptors (Lipinski definition) is 5. The Morgan fingerprint density at radius 3 is 2.57 bits per heavy atom. The average molecular weight is 314 g/mol. The number of aliphatic carboxylic acids is 1. The molecule has 0 bridgehead atoms. The molecule has 7 nitrogen and oxygen atoms in total. The van der Waals surface area contributed by atoms with Gasteiger partial charge in [0.1, 0.15) is 5.75 Å². The van der Waals surface area contributed by atoms with Crippen molar-refractivity contribution in [3.63, 3.8) is 0 Å². The molecule has 0 aliphatic rings. The summed E-state index contributed by atoms with van der Waals surface area (Å²) < 4.78 is 5.22. The summed E-state index contributed by atoms with van der Waals surface area (Å²) in [6.45, 7) is 0.439. The van der Waals surface area contributed by atoms with Crippen LogP contribution in [0.3, 0.4) is 0 Å². The second-order valence-corrected chi connectivity index (χ2v) is 4.97. The Bertz CT molecular complexity index is 461. The van der Waals surface area contributed by atoms with E-state index in [-0.39, 0.29) is 37.8 Å². The molecule has 0 saturated carbocycles. The van der Waals surface area contributed by atoms with Gasteiger partial charge in [-0.25, -0.2) is 0 Å². The zero-order valence-corrected chi connectivity index (χ0v) is 12.3. The SMILES string of the molecule is O=C(O)CCNC(=O)CCCNC(=O)COc1ccsc1. The molecule has 21 heavy (non-hydrogen) atoms. The first-order valence-corrected chi connectivity index (χ1v) is 7.42. The van der Waals surface area contributed by atoms with Crippen molar-refractivity contribution in [3.05, 3.63) is 16.8 Å². The molecule has 0 radical (unpaired) electrons.